The number of aromatic nitrogens is 1. The second kappa shape index (κ2) is 11.7. The number of carbonyl (C=O) groups is 4. The van der Waals surface area contributed by atoms with Crippen molar-refractivity contribution in [2.24, 2.45) is 11.3 Å². The molecular formula is C32H39N5O6. The lowest BCUT2D eigenvalue weighted by Gasteiger charge is -2.35. The van der Waals surface area contributed by atoms with Crippen LogP contribution in [0.3, 0.4) is 0 Å². The van der Waals surface area contributed by atoms with Gasteiger partial charge in [-0.25, -0.2) is 5.43 Å². The van der Waals surface area contributed by atoms with Gasteiger partial charge in [0.2, 0.25) is 5.91 Å². The van der Waals surface area contributed by atoms with E-state index in [0.29, 0.717) is 37.9 Å². The minimum Gasteiger partial charge on any atom is -0.451 e. The molecule has 4 aliphatic rings. The van der Waals surface area contributed by atoms with Crippen molar-refractivity contribution in [2.75, 3.05) is 6.54 Å². The molecule has 4 N–H and O–H groups in total. The van der Waals surface area contributed by atoms with Crippen molar-refractivity contribution in [1.29, 1.82) is 0 Å². The molecule has 11 nitrogen and oxygen atoms in total. The Kier molecular flexibility index (Phi) is 7.95. The van der Waals surface area contributed by atoms with E-state index in [1.807, 2.05) is 43.3 Å². The van der Waals surface area contributed by atoms with E-state index >= 15 is 0 Å². The average molecular weight is 590 g/mol. The van der Waals surface area contributed by atoms with Crippen LogP contribution >= 0.6 is 0 Å². The summed E-state index contributed by atoms with van der Waals surface area (Å²) in [5, 5.41) is 18.5. The highest BCUT2D eigenvalue weighted by molar-refractivity contribution is 5.92. The Morgan fingerprint density at radius 1 is 0.977 bits per heavy atom. The van der Waals surface area contributed by atoms with Crippen LogP contribution in [0.5, 0.6) is 0 Å². The smallest absolute Gasteiger partial charge is 0.316 e. The molecule has 0 radical (unpaired) electrons. The van der Waals surface area contributed by atoms with Gasteiger partial charge in [-0.3, -0.25) is 29.2 Å². The fraction of sp³-hybridized carbons (Fsp3) is 0.531. The van der Waals surface area contributed by atoms with Crippen LogP contribution in [-0.4, -0.2) is 69.6 Å². The lowest BCUT2D eigenvalue weighted by atomic mass is 9.85. The van der Waals surface area contributed by atoms with E-state index in [1.165, 1.54) is 5.01 Å². The molecule has 11 heteroatoms. The number of hydrogen-bond acceptors (Lipinski definition) is 8. The predicted molar refractivity (Wildman–Crippen MR) is 158 cm³/mol. The van der Waals surface area contributed by atoms with Gasteiger partial charge in [-0.1, -0.05) is 30.4 Å². The van der Waals surface area contributed by atoms with Crippen molar-refractivity contribution in [1.82, 2.24) is 26.1 Å². The Hall–Kier alpha value is -3.83. The van der Waals surface area contributed by atoms with E-state index in [-0.39, 0.29) is 30.2 Å². The van der Waals surface area contributed by atoms with Gasteiger partial charge in [0.1, 0.15) is 12.1 Å². The van der Waals surface area contributed by atoms with Crippen LogP contribution in [0.15, 0.2) is 36.4 Å². The van der Waals surface area contributed by atoms with Gasteiger partial charge in [-0.2, -0.15) is 0 Å². The van der Waals surface area contributed by atoms with Crippen molar-refractivity contribution in [2.45, 2.75) is 89.1 Å². The van der Waals surface area contributed by atoms with Gasteiger partial charge in [-0.15, -0.1) is 0 Å². The number of esters is 1. The lowest BCUT2D eigenvalue weighted by Crippen LogP contribution is -2.61. The highest BCUT2D eigenvalue weighted by Gasteiger charge is 2.48. The first-order valence-corrected chi connectivity index (χ1v) is 15.3. The van der Waals surface area contributed by atoms with Crippen LogP contribution in [0.25, 0.3) is 17.0 Å². The SMILES string of the molecule is C[C@@H]1NC(=O)[C@H](C2CC2)OC(=O)C2(/C=C/c3ccc4ccc(nc4c3)[C@@H](C)NC(=O)[C@@H]3CCCN(N3)C1=O)CCC(O)C2. The Bertz CT molecular complexity index is 1470. The molecule has 3 fully saturated rings. The summed E-state index contributed by atoms with van der Waals surface area (Å²) in [6, 6.07) is 7.74. The second-order valence-corrected chi connectivity index (χ2v) is 12.5. The van der Waals surface area contributed by atoms with Crippen LogP contribution in [-0.2, 0) is 23.9 Å². The van der Waals surface area contributed by atoms with E-state index in [2.05, 4.69) is 16.1 Å². The molecule has 2 aliphatic carbocycles. The monoisotopic (exact) mass is 589 g/mol. The zero-order chi connectivity index (χ0) is 30.3. The average Bonchev–Trinajstić information content (AvgIpc) is 3.78. The van der Waals surface area contributed by atoms with Crippen molar-refractivity contribution in [3.63, 3.8) is 0 Å². The van der Waals surface area contributed by atoms with Crippen molar-refractivity contribution in [3.8, 4) is 0 Å². The van der Waals surface area contributed by atoms with Crippen molar-refractivity contribution < 1.29 is 29.0 Å². The standard InChI is InChI=1S/C32H39N5O6/c1-18-24-10-9-21-6-5-20(16-26(21)35-24)11-13-32(14-12-23(38)17-32)31(42)43-27(22-7-8-22)29(40)34-19(2)30(41)37-15-3-4-25(36-37)28(39)33-18/h5-6,9-11,13,16,18-19,22-23,25,27,36,38H,3-4,7-8,12,14-15,17H2,1-2H3,(H,33,39)(H,34,40)/b13-11+/t18-,19+,23?,25+,27+,32?/m1/s1. The number of nitrogens with one attached hydrogen (secondary N) is 3. The number of carbonyl (C=O) groups excluding carboxylic acids is 4. The molecule has 1 saturated heterocycles. The fourth-order valence-electron chi connectivity index (χ4n) is 6.31. The summed E-state index contributed by atoms with van der Waals surface area (Å²) in [6.07, 6.45) is 5.64. The van der Waals surface area contributed by atoms with Gasteiger partial charge < -0.3 is 20.5 Å². The summed E-state index contributed by atoms with van der Waals surface area (Å²) in [4.78, 5) is 58.5. The molecular weight excluding hydrogens is 550 g/mol. The van der Waals surface area contributed by atoms with E-state index in [9.17, 15) is 24.3 Å². The Balaban J connectivity index is 1.36. The number of amides is 3. The van der Waals surface area contributed by atoms with E-state index in [0.717, 1.165) is 29.3 Å². The number of rotatable bonds is 1. The topological polar surface area (TPSA) is 150 Å². The van der Waals surface area contributed by atoms with Gasteiger partial charge in [0.25, 0.3) is 11.8 Å². The number of hydrogen-bond donors (Lipinski definition) is 4. The molecule has 1 aromatic heterocycles. The van der Waals surface area contributed by atoms with E-state index < -0.39 is 41.6 Å². The first-order valence-electron chi connectivity index (χ1n) is 15.3. The number of nitrogens with zero attached hydrogens (tertiary/aromatic N) is 2. The molecule has 2 aromatic rings. The third kappa shape index (κ3) is 6.14. The molecule has 6 atom stereocenters. The van der Waals surface area contributed by atoms with Crippen LogP contribution in [0.1, 0.15) is 76.1 Å². The number of aliphatic hydroxyl groups is 1. The fourth-order valence-corrected chi connectivity index (χ4v) is 6.31. The van der Waals surface area contributed by atoms with Crippen LogP contribution < -0.4 is 16.1 Å². The summed E-state index contributed by atoms with van der Waals surface area (Å²) in [5.41, 5.74) is 4.21. The maximum Gasteiger partial charge on any atom is 0.316 e. The third-order valence-corrected chi connectivity index (χ3v) is 9.11. The maximum atomic E-state index is 13.8. The molecule has 3 heterocycles. The molecule has 5 bridgehead atoms. The van der Waals surface area contributed by atoms with E-state index in [4.69, 9.17) is 9.72 Å². The molecule has 1 spiro atoms. The van der Waals surface area contributed by atoms with Gasteiger partial charge in [0, 0.05) is 17.8 Å². The van der Waals surface area contributed by atoms with Crippen molar-refractivity contribution >= 4 is 40.7 Å². The number of pyridine rings is 1. The quantitative estimate of drug-likeness (QED) is 0.370. The number of benzene rings is 1. The summed E-state index contributed by atoms with van der Waals surface area (Å²) < 4.78 is 5.92. The van der Waals surface area contributed by atoms with Gasteiger partial charge in [0.15, 0.2) is 6.10 Å². The third-order valence-electron chi connectivity index (χ3n) is 9.11. The van der Waals surface area contributed by atoms with Crippen molar-refractivity contribution in [3.05, 3.63) is 47.7 Å². The number of fused-ring (bicyclic) bond motifs is 4. The number of cyclic esters (lactones) is 1. The van der Waals surface area contributed by atoms with Crippen LogP contribution in [0.4, 0.5) is 0 Å². The summed E-state index contributed by atoms with van der Waals surface area (Å²) in [6.45, 7) is 3.85. The molecule has 43 heavy (non-hydrogen) atoms. The van der Waals surface area contributed by atoms with Gasteiger partial charge >= 0.3 is 5.97 Å². The van der Waals surface area contributed by atoms with Gasteiger partial charge in [0.05, 0.1) is 28.8 Å². The molecule has 2 unspecified atom stereocenters. The molecule has 2 saturated carbocycles. The maximum absolute atomic E-state index is 13.8. The summed E-state index contributed by atoms with van der Waals surface area (Å²) in [5.74, 6) is -1.80. The van der Waals surface area contributed by atoms with Crippen LogP contribution in [0, 0.1) is 11.3 Å². The van der Waals surface area contributed by atoms with E-state index in [1.54, 1.807) is 13.0 Å². The Labute approximate surface area is 250 Å². The molecule has 228 valence electrons. The molecule has 1 aromatic carbocycles. The normalized spacial score (nSPS) is 33.3. The summed E-state index contributed by atoms with van der Waals surface area (Å²) in [7, 11) is 0. The first kappa shape index (κ1) is 29.3. The van der Waals surface area contributed by atoms with Crippen LogP contribution in [0.2, 0.25) is 0 Å². The number of hydrazine groups is 1. The Morgan fingerprint density at radius 3 is 2.49 bits per heavy atom. The Morgan fingerprint density at radius 2 is 1.74 bits per heavy atom. The molecule has 2 aliphatic heterocycles. The highest BCUT2D eigenvalue weighted by Crippen LogP contribution is 2.43. The lowest BCUT2D eigenvalue weighted by molar-refractivity contribution is -0.165. The number of aliphatic hydroxyl groups excluding tert-OH is 1. The molecule has 3 amide bonds. The largest absolute Gasteiger partial charge is 0.451 e. The number of ether oxygens (including phenoxy) is 1. The first-order chi connectivity index (χ1) is 20.6. The summed E-state index contributed by atoms with van der Waals surface area (Å²) >= 11 is 0. The zero-order valence-corrected chi connectivity index (χ0v) is 24.5. The zero-order valence-electron chi connectivity index (χ0n) is 24.5. The minimum absolute atomic E-state index is 0.121. The predicted octanol–water partition coefficient (Wildman–Crippen LogP) is 2.29. The van der Waals surface area contributed by atoms with Gasteiger partial charge in [-0.05, 0) is 76.5 Å². The minimum atomic E-state index is -1.08. The molecule has 6 rings (SSSR count). The highest BCUT2D eigenvalue weighted by atomic mass is 16.6. The second-order valence-electron chi connectivity index (χ2n) is 12.5.